The number of amides is 3. The van der Waals surface area contributed by atoms with Crippen molar-refractivity contribution in [3.63, 3.8) is 0 Å². The molecule has 15 heteroatoms. The first-order valence-electron chi connectivity index (χ1n) is 24.3. The Labute approximate surface area is 398 Å². The highest BCUT2D eigenvalue weighted by atomic mass is 16.6. The summed E-state index contributed by atoms with van der Waals surface area (Å²) in [7, 11) is 1.59. The minimum atomic E-state index is -0.430. The highest BCUT2D eigenvalue weighted by Gasteiger charge is 2.39. The average Bonchev–Trinajstić information content (AvgIpc) is 3.34. The highest BCUT2D eigenvalue weighted by Crippen LogP contribution is 2.36. The lowest BCUT2D eigenvalue weighted by Gasteiger charge is -2.48. The second-order valence-corrected chi connectivity index (χ2v) is 18.0. The van der Waals surface area contributed by atoms with Crippen molar-refractivity contribution in [1.82, 2.24) is 29.6 Å². The Morgan fingerprint density at radius 1 is 0.809 bits per heavy atom. The van der Waals surface area contributed by atoms with E-state index in [1.165, 1.54) is 6.42 Å². The fourth-order valence-electron chi connectivity index (χ4n) is 9.92. The zero-order valence-corrected chi connectivity index (χ0v) is 39.6. The van der Waals surface area contributed by atoms with E-state index in [0.29, 0.717) is 109 Å². The summed E-state index contributed by atoms with van der Waals surface area (Å²) in [6.45, 7) is 8.56. The molecule has 360 valence electrons. The zero-order chi connectivity index (χ0) is 47.4. The quantitative estimate of drug-likeness (QED) is 0.0781. The van der Waals surface area contributed by atoms with Gasteiger partial charge in [0.1, 0.15) is 29.2 Å². The number of fused-ring (bicyclic) bond motifs is 3. The number of nitrogens with one attached hydrogen (secondary N) is 2. The Bertz CT molecular complexity index is 2560. The average molecular weight is 928 g/mol. The lowest BCUT2D eigenvalue weighted by atomic mass is 9.82. The van der Waals surface area contributed by atoms with Crippen LogP contribution in [0, 0.1) is 6.92 Å². The van der Waals surface area contributed by atoms with E-state index in [9.17, 15) is 19.2 Å². The summed E-state index contributed by atoms with van der Waals surface area (Å²) in [5, 5.41) is 6.46. The van der Waals surface area contributed by atoms with E-state index in [1.807, 2.05) is 74.5 Å². The molecule has 3 saturated heterocycles. The molecule has 3 aliphatic rings. The van der Waals surface area contributed by atoms with Gasteiger partial charge in [0.25, 0.3) is 17.4 Å². The number of piperazine rings is 1. The number of piperidine rings is 2. The molecule has 2 N–H and O–H groups in total. The molecule has 3 aliphatic heterocycles. The Hall–Kier alpha value is -6.45. The third-order valence-electron chi connectivity index (χ3n) is 13.4. The molecule has 2 atom stereocenters. The van der Waals surface area contributed by atoms with Crippen LogP contribution in [-0.2, 0) is 16.1 Å². The van der Waals surface area contributed by atoms with E-state index >= 15 is 0 Å². The molecule has 1 aromatic heterocycles. The van der Waals surface area contributed by atoms with Crippen LogP contribution in [0.5, 0.6) is 17.2 Å². The molecule has 0 spiro atoms. The molecule has 4 heterocycles. The summed E-state index contributed by atoms with van der Waals surface area (Å²) in [5.41, 5.74) is 3.33. The first-order chi connectivity index (χ1) is 33.2. The summed E-state index contributed by atoms with van der Waals surface area (Å²) in [6.07, 6.45) is 8.78. The lowest BCUT2D eigenvalue weighted by molar-refractivity contribution is -0.135. The number of nitrogens with zero attached hydrogens (tertiary/aromatic N) is 5. The maximum absolute atomic E-state index is 13.9. The van der Waals surface area contributed by atoms with E-state index in [-0.39, 0.29) is 30.1 Å². The van der Waals surface area contributed by atoms with Crippen LogP contribution in [-0.4, -0.2) is 120 Å². The van der Waals surface area contributed by atoms with Crippen molar-refractivity contribution >= 4 is 34.5 Å². The molecule has 0 aliphatic carbocycles. The highest BCUT2D eigenvalue weighted by molar-refractivity contribution is 5.94. The molecule has 0 saturated carbocycles. The van der Waals surface area contributed by atoms with Crippen LogP contribution in [0.2, 0.25) is 0 Å². The Morgan fingerprint density at radius 2 is 1.54 bits per heavy atom. The maximum atomic E-state index is 13.9. The molecule has 68 heavy (non-hydrogen) atoms. The number of aromatic nitrogens is 2. The third-order valence-corrected chi connectivity index (χ3v) is 13.4. The second-order valence-electron chi connectivity index (χ2n) is 18.0. The van der Waals surface area contributed by atoms with Crippen molar-refractivity contribution in [2.45, 2.75) is 96.4 Å². The van der Waals surface area contributed by atoms with E-state index in [4.69, 9.17) is 23.9 Å². The molecule has 3 amide bonds. The number of methoxy groups -OCH3 is 1. The molecule has 2 bridgehead atoms. The van der Waals surface area contributed by atoms with E-state index in [1.54, 1.807) is 46.9 Å². The van der Waals surface area contributed by atoms with Crippen molar-refractivity contribution in [2.75, 3.05) is 64.9 Å². The monoisotopic (exact) mass is 927 g/mol. The third kappa shape index (κ3) is 12.0. The van der Waals surface area contributed by atoms with E-state index in [2.05, 4.69) is 20.4 Å². The van der Waals surface area contributed by atoms with Crippen LogP contribution >= 0.6 is 0 Å². The number of ether oxygens (including phenoxy) is 4. The van der Waals surface area contributed by atoms with Crippen molar-refractivity contribution in [3.8, 4) is 22.9 Å². The summed E-state index contributed by atoms with van der Waals surface area (Å²) >= 11 is 0. The van der Waals surface area contributed by atoms with Gasteiger partial charge in [-0.25, -0.2) is 9.78 Å². The van der Waals surface area contributed by atoms with Gasteiger partial charge < -0.3 is 29.2 Å². The molecular weight excluding hydrogens is 863 g/mol. The normalized spacial score (nSPS) is 18.5. The number of benzene rings is 4. The number of anilines is 1. The van der Waals surface area contributed by atoms with Crippen LogP contribution in [0.25, 0.3) is 16.6 Å². The number of hydrogen-bond donors (Lipinski definition) is 2. The largest absolute Gasteiger partial charge is 0.495 e. The van der Waals surface area contributed by atoms with Gasteiger partial charge in [0.05, 0.1) is 42.5 Å². The maximum Gasteiger partial charge on any atom is 0.412 e. The zero-order valence-electron chi connectivity index (χ0n) is 39.6. The summed E-state index contributed by atoms with van der Waals surface area (Å²) in [5.74, 6) is 2.10. The van der Waals surface area contributed by atoms with Crippen molar-refractivity contribution < 1.29 is 33.3 Å². The topological polar surface area (TPSA) is 157 Å². The fraction of sp³-hybridized carbons (Fsp3) is 0.453. The number of carbonyl (C=O) groups is 3. The Morgan fingerprint density at radius 3 is 2.31 bits per heavy atom. The van der Waals surface area contributed by atoms with Crippen LogP contribution in [0.1, 0.15) is 86.5 Å². The molecule has 2 unspecified atom stereocenters. The van der Waals surface area contributed by atoms with E-state index < -0.39 is 6.09 Å². The molecule has 3 fully saturated rings. The van der Waals surface area contributed by atoms with Gasteiger partial charge in [0, 0.05) is 63.2 Å². The SMILES string of the molecule is CCOc1ccccc1-n1c(CN2CCN(C(=O)COc3ccc(C(=O)NCCCCCCN4C5CCCC4CC(OC(=O)Nc4cc(C)ccc4OC)C5)cc3)CC2)nc2ccccc2c1=O. The van der Waals surface area contributed by atoms with Crippen LogP contribution in [0.4, 0.5) is 10.5 Å². The van der Waals surface area contributed by atoms with Crippen molar-refractivity contribution in [3.05, 3.63) is 118 Å². The summed E-state index contributed by atoms with van der Waals surface area (Å²) < 4.78 is 24.7. The van der Waals surface area contributed by atoms with Crippen LogP contribution in [0.15, 0.2) is 95.8 Å². The predicted octanol–water partition coefficient (Wildman–Crippen LogP) is 7.75. The van der Waals surface area contributed by atoms with Gasteiger partial charge in [-0.2, -0.15) is 0 Å². The number of carbonyl (C=O) groups excluding carboxylic acids is 3. The smallest absolute Gasteiger partial charge is 0.412 e. The predicted molar refractivity (Wildman–Crippen MR) is 262 cm³/mol. The van der Waals surface area contributed by atoms with Gasteiger partial charge >= 0.3 is 6.09 Å². The lowest BCUT2D eigenvalue weighted by Crippen LogP contribution is -2.54. The molecule has 4 aromatic carbocycles. The van der Waals surface area contributed by atoms with Crippen molar-refractivity contribution in [1.29, 1.82) is 0 Å². The second kappa shape index (κ2) is 23.0. The van der Waals surface area contributed by atoms with Gasteiger partial charge in [-0.1, -0.05) is 49.6 Å². The van der Waals surface area contributed by atoms with E-state index in [0.717, 1.165) is 63.5 Å². The molecule has 8 rings (SSSR count). The standard InChI is InChI=1S/C53H65N7O8/c1-4-66-48-19-10-9-18-46(48)60-49(55-44-17-8-7-16-43(44)52(60)63)35-57-28-30-58(31-29-57)50(61)36-67-41-23-21-38(22-24-41)51(62)54-26-11-5-6-12-27-59-39-14-13-15-40(59)34-42(33-39)68-53(64)56-45-32-37(2)20-25-47(45)65-3/h7-10,16-25,32,39-40,42H,4-6,11-15,26-31,33-36H2,1-3H3,(H,54,62)(H,56,64). The van der Waals surface area contributed by atoms with Gasteiger partial charge in [-0.15, -0.1) is 0 Å². The minimum absolute atomic E-state index is 0.0955. The van der Waals surface area contributed by atoms with Gasteiger partial charge in [-0.3, -0.25) is 34.1 Å². The number of hydrogen-bond acceptors (Lipinski definition) is 11. The molecule has 0 radical (unpaired) electrons. The number of rotatable bonds is 19. The summed E-state index contributed by atoms with van der Waals surface area (Å²) in [6, 6.07) is 28.3. The number of aryl methyl sites for hydroxylation is 1. The van der Waals surface area contributed by atoms with Crippen molar-refractivity contribution in [2.24, 2.45) is 0 Å². The minimum Gasteiger partial charge on any atom is -0.495 e. The molecule has 5 aromatic rings. The summed E-state index contributed by atoms with van der Waals surface area (Å²) in [4.78, 5) is 64.5. The number of para-hydroxylation sites is 3. The Balaban J connectivity index is 0.716. The van der Waals surface area contributed by atoms with Crippen LogP contribution in [0.3, 0.4) is 0 Å². The number of unbranched alkanes of at least 4 members (excludes halogenated alkanes) is 3. The molecule has 15 nitrogen and oxygen atoms in total. The van der Waals surface area contributed by atoms with Gasteiger partial charge in [0.15, 0.2) is 6.61 Å². The Kier molecular flexibility index (Phi) is 16.3. The van der Waals surface area contributed by atoms with Gasteiger partial charge in [0.2, 0.25) is 0 Å². The first kappa shape index (κ1) is 48.0. The van der Waals surface area contributed by atoms with Crippen LogP contribution < -0.4 is 30.4 Å². The molecular formula is C53H65N7O8. The first-order valence-corrected chi connectivity index (χ1v) is 24.3. The van der Waals surface area contributed by atoms with Gasteiger partial charge in [-0.05, 0) is 112 Å². The fourth-order valence-corrected chi connectivity index (χ4v) is 9.92.